The second-order valence-electron chi connectivity index (χ2n) is 6.36. The van der Waals surface area contributed by atoms with Gasteiger partial charge >= 0.3 is 6.16 Å². The molecule has 2 heterocycles. The molecule has 0 unspecified atom stereocenters. The van der Waals surface area contributed by atoms with Crippen molar-refractivity contribution in [1.29, 1.82) is 0 Å². The lowest BCUT2D eigenvalue weighted by atomic mass is 9.87. The molecule has 0 amide bonds. The van der Waals surface area contributed by atoms with Gasteiger partial charge in [0.2, 0.25) is 0 Å². The fourth-order valence-corrected chi connectivity index (χ4v) is 4.03. The van der Waals surface area contributed by atoms with Gasteiger partial charge in [-0.25, -0.2) is 4.79 Å². The Bertz CT molecular complexity index is 644. The van der Waals surface area contributed by atoms with Crippen LogP contribution in [0.1, 0.15) is 12.8 Å². The molecule has 4 rings (SSSR count). The second kappa shape index (κ2) is 6.03. The number of hydrogen-bond acceptors (Lipinski definition) is 7. The van der Waals surface area contributed by atoms with Crippen molar-refractivity contribution in [3.8, 4) is 5.75 Å². The molecule has 1 aliphatic carbocycles. The van der Waals surface area contributed by atoms with Crippen molar-refractivity contribution in [1.82, 2.24) is 0 Å². The van der Waals surface area contributed by atoms with E-state index >= 15 is 0 Å². The Hall–Kier alpha value is -2.19. The molecule has 2 saturated heterocycles. The second-order valence-corrected chi connectivity index (χ2v) is 6.36. The fraction of sp³-hybridized carbons (Fsp3) is 0.562. The number of non-ortho nitro benzene ring substituents is 1. The van der Waals surface area contributed by atoms with Crippen LogP contribution >= 0.6 is 0 Å². The fourth-order valence-electron chi connectivity index (χ4n) is 4.03. The molecular formula is C16H17NO7. The summed E-state index contributed by atoms with van der Waals surface area (Å²) in [7, 11) is 0. The normalized spacial score (nSPS) is 33.8. The Morgan fingerprint density at radius 2 is 2.04 bits per heavy atom. The van der Waals surface area contributed by atoms with Gasteiger partial charge in [0.15, 0.2) is 6.29 Å². The first-order chi connectivity index (χ1) is 11.6. The lowest BCUT2D eigenvalue weighted by Crippen LogP contribution is -2.37. The van der Waals surface area contributed by atoms with Crippen molar-refractivity contribution in [2.45, 2.75) is 25.2 Å². The summed E-state index contributed by atoms with van der Waals surface area (Å²) in [6.07, 6.45) is 0.452. The molecular weight excluding hydrogens is 318 g/mol. The molecule has 8 heteroatoms. The number of carbonyl (C=O) groups excluding carboxylic acids is 1. The van der Waals surface area contributed by atoms with Crippen LogP contribution in [0.25, 0.3) is 0 Å². The Morgan fingerprint density at radius 1 is 1.25 bits per heavy atom. The zero-order valence-corrected chi connectivity index (χ0v) is 12.8. The average Bonchev–Trinajstić information content (AvgIpc) is 3.13. The smallest absolute Gasteiger partial charge is 0.430 e. The lowest BCUT2D eigenvalue weighted by molar-refractivity contribution is -0.384. The molecule has 3 fully saturated rings. The minimum atomic E-state index is -0.780. The van der Waals surface area contributed by atoms with Gasteiger partial charge in [-0.15, -0.1) is 0 Å². The molecule has 1 saturated carbocycles. The van der Waals surface area contributed by atoms with Crippen LogP contribution in [0.3, 0.4) is 0 Å². The van der Waals surface area contributed by atoms with Crippen LogP contribution in [0.5, 0.6) is 5.75 Å². The van der Waals surface area contributed by atoms with Crippen LogP contribution < -0.4 is 4.74 Å². The zero-order valence-electron chi connectivity index (χ0n) is 12.8. The van der Waals surface area contributed by atoms with E-state index in [9.17, 15) is 14.9 Å². The summed E-state index contributed by atoms with van der Waals surface area (Å²) in [4.78, 5) is 22.1. The summed E-state index contributed by atoms with van der Waals surface area (Å²) < 4.78 is 21.9. The minimum Gasteiger partial charge on any atom is -0.430 e. The lowest BCUT2D eigenvalue weighted by Gasteiger charge is -2.32. The third-order valence-electron chi connectivity index (χ3n) is 5.07. The van der Waals surface area contributed by atoms with Gasteiger partial charge in [-0.05, 0) is 30.9 Å². The van der Waals surface area contributed by atoms with Crippen LogP contribution in [0.15, 0.2) is 24.3 Å². The summed E-state index contributed by atoms with van der Waals surface area (Å²) in [5.74, 6) is 1.10. The van der Waals surface area contributed by atoms with Crippen molar-refractivity contribution in [3.63, 3.8) is 0 Å². The molecule has 5 atom stereocenters. The maximum Gasteiger partial charge on any atom is 0.514 e. The zero-order chi connectivity index (χ0) is 16.7. The average molecular weight is 335 g/mol. The third kappa shape index (κ3) is 2.71. The van der Waals surface area contributed by atoms with E-state index in [4.69, 9.17) is 18.9 Å². The van der Waals surface area contributed by atoms with Gasteiger partial charge in [-0.2, -0.15) is 0 Å². The molecule has 3 aliphatic rings. The quantitative estimate of drug-likeness (QED) is 0.362. The van der Waals surface area contributed by atoms with Crippen LogP contribution in [0.4, 0.5) is 10.5 Å². The number of nitro benzene ring substituents is 1. The number of hydrogen-bond donors (Lipinski definition) is 0. The van der Waals surface area contributed by atoms with Crippen molar-refractivity contribution in [2.75, 3.05) is 13.2 Å². The van der Waals surface area contributed by atoms with E-state index in [-0.39, 0.29) is 35.7 Å². The largest absolute Gasteiger partial charge is 0.514 e. The Labute approximate surface area is 137 Å². The number of ether oxygens (including phenoxy) is 4. The highest BCUT2D eigenvalue weighted by molar-refractivity contribution is 5.64. The van der Waals surface area contributed by atoms with E-state index in [1.807, 2.05) is 0 Å². The first-order valence-electron chi connectivity index (χ1n) is 7.98. The minimum absolute atomic E-state index is 0.0624. The van der Waals surface area contributed by atoms with Crippen LogP contribution in [-0.4, -0.2) is 36.7 Å². The molecule has 0 bridgehead atoms. The van der Waals surface area contributed by atoms with Gasteiger partial charge < -0.3 is 18.9 Å². The highest BCUT2D eigenvalue weighted by Gasteiger charge is 2.55. The van der Waals surface area contributed by atoms with E-state index in [0.29, 0.717) is 19.1 Å². The molecule has 0 radical (unpaired) electrons. The Kier molecular flexibility index (Phi) is 3.85. The molecule has 128 valence electrons. The van der Waals surface area contributed by atoms with E-state index in [1.165, 1.54) is 24.3 Å². The number of carbonyl (C=O) groups is 1. The number of nitro groups is 1. The number of nitrogens with zero attached hydrogens (tertiary/aromatic N) is 1. The van der Waals surface area contributed by atoms with Gasteiger partial charge in [-0.1, -0.05) is 0 Å². The highest BCUT2D eigenvalue weighted by atomic mass is 16.7. The van der Waals surface area contributed by atoms with Crippen molar-refractivity contribution in [2.24, 2.45) is 17.8 Å². The van der Waals surface area contributed by atoms with Crippen LogP contribution in [0, 0.1) is 27.9 Å². The van der Waals surface area contributed by atoms with Gasteiger partial charge in [0.25, 0.3) is 5.69 Å². The third-order valence-corrected chi connectivity index (χ3v) is 5.07. The first kappa shape index (κ1) is 15.3. The predicted octanol–water partition coefficient (Wildman–Crippen LogP) is 2.51. The first-order valence-corrected chi connectivity index (χ1v) is 7.98. The van der Waals surface area contributed by atoms with Gasteiger partial charge in [0, 0.05) is 24.0 Å². The van der Waals surface area contributed by atoms with Crippen molar-refractivity contribution in [3.05, 3.63) is 34.4 Å². The molecule has 24 heavy (non-hydrogen) atoms. The summed E-state index contributed by atoms with van der Waals surface area (Å²) in [5, 5.41) is 10.6. The monoisotopic (exact) mass is 335 g/mol. The highest BCUT2D eigenvalue weighted by Crippen LogP contribution is 2.50. The SMILES string of the molecule is O=C(Oc1ccc([N+](=O)[O-])cc1)O[C@H]1C[C@H]2CO[C@H]3OCC[C@@H]1[C@@H]23. The van der Waals surface area contributed by atoms with Crippen molar-refractivity contribution < 1.29 is 28.7 Å². The maximum atomic E-state index is 12.0. The van der Waals surface area contributed by atoms with E-state index in [2.05, 4.69) is 0 Å². The molecule has 1 aromatic rings. The Balaban J connectivity index is 1.37. The number of rotatable bonds is 3. The van der Waals surface area contributed by atoms with Gasteiger partial charge in [0.1, 0.15) is 11.9 Å². The van der Waals surface area contributed by atoms with E-state index in [0.717, 1.165) is 12.8 Å². The Morgan fingerprint density at radius 3 is 2.79 bits per heavy atom. The van der Waals surface area contributed by atoms with E-state index in [1.54, 1.807) is 0 Å². The molecule has 8 nitrogen and oxygen atoms in total. The van der Waals surface area contributed by atoms with E-state index < -0.39 is 11.1 Å². The summed E-state index contributed by atoms with van der Waals surface area (Å²) in [6.45, 7) is 1.25. The van der Waals surface area contributed by atoms with Gasteiger partial charge in [0.05, 0.1) is 18.1 Å². The predicted molar refractivity (Wildman–Crippen MR) is 79.4 cm³/mol. The molecule has 0 aromatic heterocycles. The molecule has 0 spiro atoms. The molecule has 0 N–H and O–H groups in total. The van der Waals surface area contributed by atoms with Crippen LogP contribution in [0.2, 0.25) is 0 Å². The van der Waals surface area contributed by atoms with Crippen molar-refractivity contribution >= 4 is 11.8 Å². The maximum absolute atomic E-state index is 12.0. The summed E-state index contributed by atoms with van der Waals surface area (Å²) in [5.41, 5.74) is -0.0624. The van der Waals surface area contributed by atoms with Gasteiger partial charge in [-0.3, -0.25) is 10.1 Å². The summed E-state index contributed by atoms with van der Waals surface area (Å²) >= 11 is 0. The molecule has 2 aliphatic heterocycles. The molecule has 1 aromatic carbocycles. The number of benzene rings is 1. The standard InChI is InChI=1S/C16H17NO7/c18-16(23-11-3-1-10(2-4-11)17(19)20)24-13-7-9-8-22-15-14(9)12(13)5-6-21-15/h1-4,9,12-15H,5-8H2/t9-,12-,13-,14+,15+/m0/s1. The van der Waals surface area contributed by atoms with Crippen LogP contribution in [-0.2, 0) is 14.2 Å². The summed E-state index contributed by atoms with van der Waals surface area (Å²) in [6, 6.07) is 5.31. The topological polar surface area (TPSA) is 97.1 Å².